The van der Waals surface area contributed by atoms with Crippen LogP contribution in [-0.2, 0) is 0 Å². The summed E-state index contributed by atoms with van der Waals surface area (Å²) < 4.78 is 3.31. The van der Waals surface area contributed by atoms with Crippen molar-refractivity contribution in [3.05, 3.63) is 0 Å². The third-order valence-electron chi connectivity index (χ3n) is 2.52. The summed E-state index contributed by atoms with van der Waals surface area (Å²) in [6, 6.07) is 0. The standard InChI is InChI=1S/C9H19NS/c1-11-10-8-7-9-5-3-2-4-6-9/h9-10H,2-8H2,1H3. The van der Waals surface area contributed by atoms with Crippen LogP contribution in [-0.4, -0.2) is 12.8 Å². The molecule has 1 saturated carbocycles. The van der Waals surface area contributed by atoms with Crippen molar-refractivity contribution in [2.75, 3.05) is 12.8 Å². The molecule has 0 aromatic carbocycles. The van der Waals surface area contributed by atoms with E-state index in [2.05, 4.69) is 11.0 Å². The predicted octanol–water partition coefficient (Wildman–Crippen LogP) is 2.82. The highest BCUT2D eigenvalue weighted by Gasteiger charge is 2.11. The van der Waals surface area contributed by atoms with Crippen LogP contribution in [0.15, 0.2) is 0 Å². The summed E-state index contributed by atoms with van der Waals surface area (Å²) in [6.07, 6.45) is 10.9. The molecule has 11 heavy (non-hydrogen) atoms. The van der Waals surface area contributed by atoms with Gasteiger partial charge in [-0.1, -0.05) is 44.1 Å². The predicted molar refractivity (Wildman–Crippen MR) is 52.7 cm³/mol. The Labute approximate surface area is 74.5 Å². The summed E-state index contributed by atoms with van der Waals surface area (Å²) in [5.41, 5.74) is 0. The van der Waals surface area contributed by atoms with Crippen LogP contribution >= 0.6 is 11.9 Å². The van der Waals surface area contributed by atoms with E-state index in [1.165, 1.54) is 45.1 Å². The van der Waals surface area contributed by atoms with E-state index < -0.39 is 0 Å². The molecule has 0 atom stereocenters. The first kappa shape index (κ1) is 9.40. The Balaban J connectivity index is 1.96. The second-order valence-electron chi connectivity index (χ2n) is 3.39. The molecular weight excluding hydrogens is 154 g/mol. The third kappa shape index (κ3) is 4.02. The minimum Gasteiger partial charge on any atom is -0.264 e. The molecule has 1 nitrogen and oxygen atoms in total. The number of hydrogen-bond acceptors (Lipinski definition) is 2. The molecule has 0 amide bonds. The van der Waals surface area contributed by atoms with Gasteiger partial charge in [0.05, 0.1) is 0 Å². The average Bonchev–Trinajstić information content (AvgIpc) is 2.07. The minimum absolute atomic E-state index is 1.03. The van der Waals surface area contributed by atoms with Gasteiger partial charge in [0.2, 0.25) is 0 Å². The molecule has 0 aliphatic heterocycles. The first-order chi connectivity index (χ1) is 5.43. The fraction of sp³-hybridized carbons (Fsp3) is 1.00. The van der Waals surface area contributed by atoms with Gasteiger partial charge in [0, 0.05) is 6.54 Å². The van der Waals surface area contributed by atoms with E-state index in [4.69, 9.17) is 0 Å². The normalized spacial score (nSPS) is 20.5. The number of nitrogens with one attached hydrogen (secondary N) is 1. The smallest absolute Gasteiger partial charge is 0.00610 e. The molecule has 1 rings (SSSR count). The summed E-state index contributed by atoms with van der Waals surface area (Å²) in [4.78, 5) is 0. The average molecular weight is 173 g/mol. The van der Waals surface area contributed by atoms with Crippen LogP contribution in [0.5, 0.6) is 0 Å². The number of hydrogen-bond donors (Lipinski definition) is 1. The molecule has 66 valence electrons. The molecule has 0 spiro atoms. The molecule has 0 bridgehead atoms. The maximum Gasteiger partial charge on any atom is 0.00610 e. The van der Waals surface area contributed by atoms with Crippen LogP contribution < -0.4 is 4.72 Å². The van der Waals surface area contributed by atoms with Crippen LogP contribution in [0.1, 0.15) is 38.5 Å². The van der Waals surface area contributed by atoms with E-state index in [1.807, 2.05) is 0 Å². The van der Waals surface area contributed by atoms with Crippen LogP contribution in [0.2, 0.25) is 0 Å². The first-order valence-electron chi connectivity index (χ1n) is 4.69. The monoisotopic (exact) mass is 173 g/mol. The zero-order valence-corrected chi connectivity index (χ0v) is 8.25. The molecule has 0 aromatic rings. The molecule has 1 fully saturated rings. The second-order valence-corrected chi connectivity index (χ2v) is 4.09. The fourth-order valence-corrected chi connectivity index (χ4v) is 2.16. The van der Waals surface area contributed by atoms with E-state index in [0.717, 1.165) is 5.92 Å². The minimum atomic E-state index is 1.03. The molecular formula is C9H19NS. The molecule has 0 heterocycles. The summed E-state index contributed by atoms with van der Waals surface area (Å²) in [5, 5.41) is 0. The highest BCUT2D eigenvalue weighted by molar-refractivity contribution is 7.96. The molecule has 0 unspecified atom stereocenters. The van der Waals surface area contributed by atoms with E-state index in [9.17, 15) is 0 Å². The van der Waals surface area contributed by atoms with Crippen molar-refractivity contribution < 1.29 is 0 Å². The maximum absolute atomic E-state index is 3.31. The highest BCUT2D eigenvalue weighted by atomic mass is 32.2. The highest BCUT2D eigenvalue weighted by Crippen LogP contribution is 2.25. The Morgan fingerprint density at radius 3 is 2.64 bits per heavy atom. The Kier molecular flexibility index (Phi) is 5.04. The number of rotatable bonds is 4. The van der Waals surface area contributed by atoms with Gasteiger partial charge in [-0.15, -0.1) is 0 Å². The maximum atomic E-state index is 3.31. The lowest BCUT2D eigenvalue weighted by Crippen LogP contribution is -2.13. The lowest BCUT2D eigenvalue weighted by Gasteiger charge is -2.21. The molecule has 1 aliphatic rings. The second kappa shape index (κ2) is 5.90. The van der Waals surface area contributed by atoms with E-state index in [1.54, 1.807) is 11.9 Å². The van der Waals surface area contributed by atoms with Crippen LogP contribution in [0, 0.1) is 5.92 Å². The molecule has 2 heteroatoms. The van der Waals surface area contributed by atoms with E-state index >= 15 is 0 Å². The van der Waals surface area contributed by atoms with E-state index in [-0.39, 0.29) is 0 Å². The van der Waals surface area contributed by atoms with Crippen molar-refractivity contribution in [1.82, 2.24) is 4.72 Å². The molecule has 0 saturated heterocycles. The Morgan fingerprint density at radius 2 is 2.00 bits per heavy atom. The quantitative estimate of drug-likeness (QED) is 0.518. The first-order valence-corrected chi connectivity index (χ1v) is 5.92. The van der Waals surface area contributed by atoms with Crippen molar-refractivity contribution in [1.29, 1.82) is 0 Å². The molecule has 1 N–H and O–H groups in total. The summed E-state index contributed by atoms with van der Waals surface area (Å²) >= 11 is 1.74. The van der Waals surface area contributed by atoms with Gasteiger partial charge in [-0.2, -0.15) is 0 Å². The van der Waals surface area contributed by atoms with Crippen molar-refractivity contribution in [3.63, 3.8) is 0 Å². The Bertz CT molecular complexity index is 89.6. The van der Waals surface area contributed by atoms with Gasteiger partial charge in [0.25, 0.3) is 0 Å². The van der Waals surface area contributed by atoms with Gasteiger partial charge < -0.3 is 0 Å². The van der Waals surface area contributed by atoms with Gasteiger partial charge >= 0.3 is 0 Å². The van der Waals surface area contributed by atoms with Crippen molar-refractivity contribution in [2.24, 2.45) is 5.92 Å². The zero-order chi connectivity index (χ0) is 7.94. The van der Waals surface area contributed by atoms with Crippen molar-refractivity contribution in [3.8, 4) is 0 Å². The molecule has 0 aromatic heterocycles. The van der Waals surface area contributed by atoms with Crippen LogP contribution in [0.3, 0.4) is 0 Å². The van der Waals surface area contributed by atoms with Gasteiger partial charge in [0.15, 0.2) is 0 Å². The summed E-state index contributed by atoms with van der Waals surface area (Å²) in [7, 11) is 0. The van der Waals surface area contributed by atoms with Crippen molar-refractivity contribution >= 4 is 11.9 Å². The lowest BCUT2D eigenvalue weighted by atomic mass is 9.87. The largest absolute Gasteiger partial charge is 0.264 e. The van der Waals surface area contributed by atoms with Gasteiger partial charge in [-0.25, -0.2) is 0 Å². The molecule has 0 radical (unpaired) electrons. The summed E-state index contributed by atoms with van der Waals surface area (Å²) in [5.74, 6) is 1.03. The van der Waals surface area contributed by atoms with Gasteiger partial charge in [-0.3, -0.25) is 4.72 Å². The SMILES string of the molecule is CSNCCC1CCCCC1. The topological polar surface area (TPSA) is 12.0 Å². The van der Waals surface area contributed by atoms with E-state index in [0.29, 0.717) is 0 Å². The lowest BCUT2D eigenvalue weighted by molar-refractivity contribution is 0.341. The fourth-order valence-electron chi connectivity index (χ4n) is 1.84. The Hall–Kier alpha value is 0.310. The third-order valence-corrected chi connectivity index (χ3v) is 3.02. The Morgan fingerprint density at radius 1 is 1.27 bits per heavy atom. The summed E-state index contributed by atoms with van der Waals surface area (Å²) in [6.45, 7) is 1.20. The van der Waals surface area contributed by atoms with Crippen LogP contribution in [0.4, 0.5) is 0 Å². The zero-order valence-electron chi connectivity index (χ0n) is 7.44. The molecule has 1 aliphatic carbocycles. The van der Waals surface area contributed by atoms with Crippen molar-refractivity contribution in [2.45, 2.75) is 38.5 Å². The van der Waals surface area contributed by atoms with Gasteiger partial charge in [-0.05, 0) is 18.6 Å². The van der Waals surface area contributed by atoms with Crippen LogP contribution in [0.25, 0.3) is 0 Å². The van der Waals surface area contributed by atoms with Gasteiger partial charge in [0.1, 0.15) is 0 Å².